The number of hydrogen-bond donors (Lipinski definition) is 2. The first-order chi connectivity index (χ1) is 14.4. The fraction of sp³-hybridized carbons (Fsp3) is 0.417. The Kier molecular flexibility index (Phi) is 5.52. The SMILES string of the molecule is CCOC1CN(C(=O)c2cc3c(C)c(C)[nH]c3c(NCc3c(C)cccc3C)n2)C1. The van der Waals surface area contributed by atoms with Crippen LogP contribution in [0.2, 0.25) is 0 Å². The molecule has 0 bridgehead atoms. The number of likely N-dealkylation sites (tertiary alicyclic amines) is 1. The van der Waals surface area contributed by atoms with E-state index in [1.165, 1.54) is 16.7 Å². The first-order valence-electron chi connectivity index (χ1n) is 10.6. The van der Waals surface area contributed by atoms with Gasteiger partial charge >= 0.3 is 0 Å². The van der Waals surface area contributed by atoms with E-state index in [1.54, 1.807) is 4.90 Å². The Balaban J connectivity index is 1.65. The molecule has 0 saturated carbocycles. The largest absolute Gasteiger partial charge is 0.375 e. The van der Waals surface area contributed by atoms with Gasteiger partial charge in [-0.25, -0.2) is 4.98 Å². The number of rotatable bonds is 6. The van der Waals surface area contributed by atoms with E-state index < -0.39 is 0 Å². The number of benzene rings is 1. The average molecular weight is 407 g/mol. The number of aromatic amines is 1. The molecule has 1 saturated heterocycles. The van der Waals surface area contributed by atoms with Gasteiger partial charge in [-0.15, -0.1) is 0 Å². The number of fused-ring (bicyclic) bond motifs is 1. The van der Waals surface area contributed by atoms with Crippen molar-refractivity contribution in [3.05, 3.63) is 57.9 Å². The summed E-state index contributed by atoms with van der Waals surface area (Å²) >= 11 is 0. The highest BCUT2D eigenvalue weighted by Crippen LogP contribution is 2.29. The summed E-state index contributed by atoms with van der Waals surface area (Å²) in [5.41, 5.74) is 7.40. The van der Waals surface area contributed by atoms with Crippen molar-refractivity contribution in [2.24, 2.45) is 0 Å². The number of aromatic nitrogens is 2. The van der Waals surface area contributed by atoms with Gasteiger partial charge in [-0.05, 0) is 62.9 Å². The number of nitrogens with zero attached hydrogens (tertiary/aromatic N) is 2. The molecule has 0 radical (unpaired) electrons. The molecule has 1 aliphatic rings. The van der Waals surface area contributed by atoms with E-state index in [0.29, 0.717) is 31.9 Å². The first kappa shape index (κ1) is 20.4. The lowest BCUT2D eigenvalue weighted by atomic mass is 10.0. The fourth-order valence-electron chi connectivity index (χ4n) is 4.10. The zero-order valence-corrected chi connectivity index (χ0v) is 18.4. The molecule has 6 nitrogen and oxygen atoms in total. The monoisotopic (exact) mass is 406 g/mol. The van der Waals surface area contributed by atoms with Crippen LogP contribution in [0.4, 0.5) is 5.82 Å². The van der Waals surface area contributed by atoms with Gasteiger partial charge in [0.2, 0.25) is 0 Å². The summed E-state index contributed by atoms with van der Waals surface area (Å²) in [6.45, 7) is 12.9. The van der Waals surface area contributed by atoms with Crippen molar-refractivity contribution in [3.8, 4) is 0 Å². The average Bonchev–Trinajstić information content (AvgIpc) is 2.98. The quantitative estimate of drug-likeness (QED) is 0.641. The summed E-state index contributed by atoms with van der Waals surface area (Å²) in [6.07, 6.45) is 0.139. The zero-order chi connectivity index (χ0) is 21.4. The molecule has 2 N–H and O–H groups in total. The molecule has 1 aliphatic heterocycles. The smallest absolute Gasteiger partial charge is 0.272 e. The Morgan fingerprint density at radius 1 is 1.23 bits per heavy atom. The molecule has 0 unspecified atom stereocenters. The van der Waals surface area contributed by atoms with E-state index in [9.17, 15) is 4.79 Å². The second kappa shape index (κ2) is 8.11. The number of ether oxygens (including phenoxy) is 1. The van der Waals surface area contributed by atoms with Crippen molar-refractivity contribution in [1.82, 2.24) is 14.9 Å². The van der Waals surface area contributed by atoms with Gasteiger partial charge in [-0.2, -0.15) is 0 Å². The topological polar surface area (TPSA) is 70.2 Å². The number of pyridine rings is 1. The number of H-pyrrole nitrogens is 1. The predicted octanol–water partition coefficient (Wildman–Crippen LogP) is 4.27. The van der Waals surface area contributed by atoms with E-state index in [2.05, 4.69) is 49.3 Å². The highest BCUT2D eigenvalue weighted by Gasteiger charge is 2.32. The molecule has 0 aliphatic carbocycles. The van der Waals surface area contributed by atoms with Crippen LogP contribution in [0.15, 0.2) is 24.3 Å². The highest BCUT2D eigenvalue weighted by molar-refractivity contribution is 6.01. The third kappa shape index (κ3) is 3.67. The lowest BCUT2D eigenvalue weighted by Gasteiger charge is -2.38. The fourth-order valence-corrected chi connectivity index (χ4v) is 4.10. The van der Waals surface area contributed by atoms with Crippen molar-refractivity contribution in [2.75, 3.05) is 25.0 Å². The maximum absolute atomic E-state index is 13.0. The number of carbonyl (C=O) groups excluding carboxylic acids is 1. The van der Waals surface area contributed by atoms with Crippen LogP contribution in [0.5, 0.6) is 0 Å². The molecule has 0 atom stereocenters. The maximum atomic E-state index is 13.0. The minimum absolute atomic E-state index is 0.0405. The van der Waals surface area contributed by atoms with Gasteiger partial charge in [0.1, 0.15) is 5.69 Å². The first-order valence-corrected chi connectivity index (χ1v) is 10.6. The molecule has 2 aromatic heterocycles. The van der Waals surface area contributed by atoms with Gasteiger partial charge < -0.3 is 19.9 Å². The molecule has 0 spiro atoms. The van der Waals surface area contributed by atoms with Crippen molar-refractivity contribution in [3.63, 3.8) is 0 Å². The van der Waals surface area contributed by atoms with E-state index in [0.717, 1.165) is 28.0 Å². The predicted molar refractivity (Wildman–Crippen MR) is 120 cm³/mol. The molecule has 1 amide bonds. The number of aryl methyl sites for hydroxylation is 4. The van der Waals surface area contributed by atoms with Crippen molar-refractivity contribution >= 4 is 22.6 Å². The molecule has 6 heteroatoms. The molecule has 3 heterocycles. The Morgan fingerprint density at radius 2 is 1.93 bits per heavy atom. The maximum Gasteiger partial charge on any atom is 0.272 e. The summed E-state index contributed by atoms with van der Waals surface area (Å²) < 4.78 is 5.59. The molecular weight excluding hydrogens is 376 g/mol. The minimum atomic E-state index is -0.0405. The molecular formula is C24H30N4O2. The molecule has 3 aromatic rings. The molecule has 4 rings (SSSR count). The van der Waals surface area contributed by atoms with Gasteiger partial charge in [-0.3, -0.25) is 4.79 Å². The molecule has 158 valence electrons. The van der Waals surface area contributed by atoms with E-state index in [1.807, 2.05) is 19.9 Å². The van der Waals surface area contributed by atoms with Gasteiger partial charge in [-0.1, -0.05) is 18.2 Å². The molecule has 1 fully saturated rings. The summed E-state index contributed by atoms with van der Waals surface area (Å²) in [7, 11) is 0. The van der Waals surface area contributed by atoms with Crippen LogP contribution in [0.3, 0.4) is 0 Å². The third-order valence-electron chi connectivity index (χ3n) is 6.13. The van der Waals surface area contributed by atoms with Crippen LogP contribution in [0.25, 0.3) is 10.9 Å². The molecule has 1 aromatic carbocycles. The van der Waals surface area contributed by atoms with Gasteiger partial charge in [0.15, 0.2) is 5.82 Å². The van der Waals surface area contributed by atoms with Crippen LogP contribution in [0.1, 0.15) is 45.4 Å². The van der Waals surface area contributed by atoms with Gasteiger partial charge in [0.25, 0.3) is 5.91 Å². The second-order valence-electron chi connectivity index (χ2n) is 8.17. The van der Waals surface area contributed by atoms with Crippen LogP contribution in [-0.4, -0.2) is 46.6 Å². The Hall–Kier alpha value is -2.86. The summed E-state index contributed by atoms with van der Waals surface area (Å²) in [5, 5.41) is 4.53. The summed E-state index contributed by atoms with van der Waals surface area (Å²) in [4.78, 5) is 23.0. The number of amides is 1. The lowest BCUT2D eigenvalue weighted by molar-refractivity contribution is -0.0380. The van der Waals surface area contributed by atoms with E-state index >= 15 is 0 Å². The standard InChI is InChI=1S/C24H30N4O2/c1-6-30-18-12-28(13-18)24(29)21-10-19-16(4)17(5)26-22(19)23(27-21)25-11-20-14(2)8-7-9-15(20)3/h7-10,18,26H,6,11-13H2,1-5H3,(H,25,27). The Morgan fingerprint density at radius 3 is 2.60 bits per heavy atom. The minimum Gasteiger partial charge on any atom is -0.375 e. The van der Waals surface area contributed by atoms with Gasteiger partial charge in [0.05, 0.1) is 11.6 Å². The normalized spacial score (nSPS) is 14.2. The zero-order valence-electron chi connectivity index (χ0n) is 18.4. The number of anilines is 1. The summed E-state index contributed by atoms with van der Waals surface area (Å²) in [5.74, 6) is 0.679. The summed E-state index contributed by atoms with van der Waals surface area (Å²) in [6, 6.07) is 8.22. The number of hydrogen-bond acceptors (Lipinski definition) is 4. The second-order valence-corrected chi connectivity index (χ2v) is 8.17. The molecule has 30 heavy (non-hydrogen) atoms. The van der Waals surface area contributed by atoms with Crippen LogP contribution >= 0.6 is 0 Å². The van der Waals surface area contributed by atoms with Crippen LogP contribution in [0, 0.1) is 27.7 Å². The Labute approximate surface area is 177 Å². The third-order valence-corrected chi connectivity index (χ3v) is 6.13. The number of nitrogens with one attached hydrogen (secondary N) is 2. The van der Waals surface area contributed by atoms with Crippen molar-refractivity contribution in [2.45, 2.75) is 47.3 Å². The number of carbonyl (C=O) groups is 1. The van der Waals surface area contributed by atoms with Crippen LogP contribution in [-0.2, 0) is 11.3 Å². The van der Waals surface area contributed by atoms with E-state index in [-0.39, 0.29) is 12.0 Å². The van der Waals surface area contributed by atoms with E-state index in [4.69, 9.17) is 9.72 Å². The van der Waals surface area contributed by atoms with Crippen LogP contribution < -0.4 is 5.32 Å². The van der Waals surface area contributed by atoms with Crippen molar-refractivity contribution in [1.29, 1.82) is 0 Å². The lowest BCUT2D eigenvalue weighted by Crippen LogP contribution is -2.54. The van der Waals surface area contributed by atoms with Gasteiger partial charge in [0, 0.05) is 37.3 Å². The highest BCUT2D eigenvalue weighted by atomic mass is 16.5. The Bertz CT molecular complexity index is 1080. The van der Waals surface area contributed by atoms with Crippen molar-refractivity contribution < 1.29 is 9.53 Å².